The zero-order valence-corrected chi connectivity index (χ0v) is 11.3. The fraction of sp³-hybridized carbons (Fsp3) is 1.00. The lowest BCUT2D eigenvalue weighted by molar-refractivity contribution is 0.488. The number of rotatable bonds is 11. The molecule has 0 bridgehead atoms. The van der Waals surface area contributed by atoms with E-state index in [9.17, 15) is 13.0 Å². The van der Waals surface area contributed by atoms with E-state index in [4.69, 9.17) is 0 Å². The molecule has 0 N–H and O–H groups in total. The molecule has 0 rings (SSSR count). The van der Waals surface area contributed by atoms with Crippen LogP contribution in [-0.4, -0.2) is 6.16 Å². The average Bonchev–Trinajstić information content (AvgIpc) is 2.19. The summed E-state index contributed by atoms with van der Waals surface area (Å²) < 4.78 is 34.2. The molecular formula is C12H25F2OP. The van der Waals surface area contributed by atoms with Crippen molar-refractivity contribution >= 4 is 7.76 Å². The highest BCUT2D eigenvalue weighted by Crippen LogP contribution is 2.49. The zero-order chi connectivity index (χ0) is 12.3. The van der Waals surface area contributed by atoms with Gasteiger partial charge >= 0.3 is 7.76 Å². The van der Waals surface area contributed by atoms with E-state index >= 15 is 0 Å². The van der Waals surface area contributed by atoms with Crippen molar-refractivity contribution in [3.05, 3.63) is 0 Å². The van der Waals surface area contributed by atoms with Gasteiger partial charge in [0.15, 0.2) is 0 Å². The van der Waals surface area contributed by atoms with Crippen molar-refractivity contribution in [2.45, 2.75) is 71.1 Å². The summed E-state index contributed by atoms with van der Waals surface area (Å²) in [5.41, 5.74) is 0. The van der Waals surface area contributed by atoms with Gasteiger partial charge in [-0.05, 0) is 6.42 Å². The van der Waals surface area contributed by atoms with Gasteiger partial charge in [-0.3, -0.25) is 4.57 Å². The van der Waals surface area contributed by atoms with Gasteiger partial charge < -0.3 is 0 Å². The lowest BCUT2D eigenvalue weighted by atomic mass is 10.1. The van der Waals surface area contributed by atoms with Crippen molar-refractivity contribution in [1.29, 1.82) is 0 Å². The Morgan fingerprint density at radius 1 is 0.750 bits per heavy atom. The number of hydrogen-bond acceptors (Lipinski definition) is 1. The van der Waals surface area contributed by atoms with E-state index in [1.807, 2.05) is 0 Å². The zero-order valence-electron chi connectivity index (χ0n) is 10.4. The molecule has 1 nitrogen and oxygen atoms in total. The maximum absolute atomic E-state index is 12.0. The number of hydrogen-bond donors (Lipinski definition) is 0. The van der Waals surface area contributed by atoms with Gasteiger partial charge in [-0.1, -0.05) is 64.7 Å². The molecule has 0 amide bonds. The second kappa shape index (κ2) is 10.3. The summed E-state index contributed by atoms with van der Waals surface area (Å²) in [6, 6.07) is 0. The van der Waals surface area contributed by atoms with E-state index in [-0.39, 0.29) is 6.16 Å². The summed E-state index contributed by atoms with van der Waals surface area (Å²) in [5, 5.41) is 0. The lowest BCUT2D eigenvalue weighted by Gasteiger charge is -2.02. The van der Waals surface area contributed by atoms with E-state index in [0.717, 1.165) is 19.3 Å². The Balaban J connectivity index is 3.02. The molecule has 0 aromatic heterocycles. The highest BCUT2D eigenvalue weighted by molar-refractivity contribution is 7.52. The average molecular weight is 254 g/mol. The molecule has 0 heterocycles. The third-order valence-electron chi connectivity index (χ3n) is 2.77. The molecule has 0 aliphatic carbocycles. The molecule has 16 heavy (non-hydrogen) atoms. The van der Waals surface area contributed by atoms with Crippen LogP contribution in [-0.2, 0) is 4.57 Å². The Bertz CT molecular complexity index is 191. The molecule has 0 spiro atoms. The van der Waals surface area contributed by atoms with Gasteiger partial charge in [-0.25, -0.2) is 0 Å². The summed E-state index contributed by atoms with van der Waals surface area (Å²) in [6.45, 7) is 2.20. The maximum atomic E-state index is 12.0. The first kappa shape index (κ1) is 16.1. The van der Waals surface area contributed by atoms with Crippen molar-refractivity contribution < 1.29 is 13.0 Å². The van der Waals surface area contributed by atoms with Crippen LogP contribution in [0.3, 0.4) is 0 Å². The van der Waals surface area contributed by atoms with Crippen LogP contribution in [0.4, 0.5) is 8.39 Å². The minimum atomic E-state index is -4.74. The molecule has 0 aliphatic rings. The van der Waals surface area contributed by atoms with Gasteiger partial charge in [0.1, 0.15) is 0 Å². The molecule has 98 valence electrons. The third-order valence-corrected chi connectivity index (χ3v) is 3.61. The van der Waals surface area contributed by atoms with Gasteiger partial charge in [0.2, 0.25) is 0 Å². The van der Waals surface area contributed by atoms with Crippen LogP contribution in [0.15, 0.2) is 0 Å². The smallest absolute Gasteiger partial charge is 0.250 e. The van der Waals surface area contributed by atoms with Crippen molar-refractivity contribution in [2.75, 3.05) is 6.16 Å². The summed E-state index contributed by atoms with van der Waals surface area (Å²) in [7, 11) is -4.74. The molecular weight excluding hydrogens is 229 g/mol. The highest BCUT2D eigenvalue weighted by Gasteiger charge is 2.16. The predicted octanol–water partition coefficient (Wildman–Crippen LogP) is 6.04. The summed E-state index contributed by atoms with van der Waals surface area (Å²) in [5.74, 6) is 0. The first-order valence-corrected chi connectivity index (χ1v) is 8.22. The van der Waals surface area contributed by atoms with Gasteiger partial charge in [0.05, 0.1) is 6.16 Å². The van der Waals surface area contributed by atoms with Crippen LogP contribution in [0.1, 0.15) is 71.1 Å². The van der Waals surface area contributed by atoms with Crippen LogP contribution in [0.5, 0.6) is 0 Å². The topological polar surface area (TPSA) is 17.1 Å². The molecule has 0 atom stereocenters. The van der Waals surface area contributed by atoms with Gasteiger partial charge in [-0.2, -0.15) is 8.39 Å². The number of unbranched alkanes of at least 4 members (excludes halogenated alkanes) is 9. The largest absolute Gasteiger partial charge is 0.402 e. The first-order valence-electron chi connectivity index (χ1n) is 6.54. The quantitative estimate of drug-likeness (QED) is 0.324. The van der Waals surface area contributed by atoms with E-state index in [1.54, 1.807) is 0 Å². The summed E-state index contributed by atoms with van der Waals surface area (Å²) in [6.07, 6.45) is 10.7. The Kier molecular flexibility index (Phi) is 10.3. The van der Waals surface area contributed by atoms with Gasteiger partial charge in [0.25, 0.3) is 0 Å². The van der Waals surface area contributed by atoms with Crippen molar-refractivity contribution in [2.24, 2.45) is 0 Å². The molecule has 0 saturated heterocycles. The Hall–Kier alpha value is 0.0900. The lowest BCUT2D eigenvalue weighted by Crippen LogP contribution is -1.84. The molecule has 0 aromatic carbocycles. The molecule has 0 radical (unpaired) electrons. The Morgan fingerprint density at radius 3 is 1.50 bits per heavy atom. The van der Waals surface area contributed by atoms with Gasteiger partial charge in [-0.15, -0.1) is 0 Å². The van der Waals surface area contributed by atoms with Gasteiger partial charge in [0, 0.05) is 0 Å². The summed E-state index contributed by atoms with van der Waals surface area (Å²) in [4.78, 5) is 0. The second-order valence-electron chi connectivity index (χ2n) is 4.48. The Labute approximate surface area is 98.6 Å². The van der Waals surface area contributed by atoms with Crippen LogP contribution in [0, 0.1) is 0 Å². The minimum absolute atomic E-state index is 0.385. The maximum Gasteiger partial charge on any atom is 0.402 e. The summed E-state index contributed by atoms with van der Waals surface area (Å²) >= 11 is 0. The fourth-order valence-corrected chi connectivity index (χ4v) is 2.38. The third kappa shape index (κ3) is 14.1. The highest BCUT2D eigenvalue weighted by atomic mass is 31.2. The molecule has 0 aliphatic heterocycles. The molecule has 4 heteroatoms. The molecule has 0 fully saturated rings. The standard InChI is InChI=1S/C12H25F2OP/c1-2-3-4-5-6-7-8-9-10-11-12-16(13,14)15/h2-12H2,1H3. The first-order chi connectivity index (χ1) is 7.56. The SMILES string of the molecule is CCCCCCCCCCCCP(=O)(F)F. The van der Waals surface area contributed by atoms with Crippen molar-refractivity contribution in [3.8, 4) is 0 Å². The van der Waals surface area contributed by atoms with Crippen LogP contribution >= 0.6 is 7.76 Å². The van der Waals surface area contributed by atoms with Crippen molar-refractivity contribution in [3.63, 3.8) is 0 Å². The van der Waals surface area contributed by atoms with Crippen LogP contribution < -0.4 is 0 Å². The molecule has 0 aromatic rings. The van der Waals surface area contributed by atoms with Crippen LogP contribution in [0.25, 0.3) is 0 Å². The fourth-order valence-electron chi connectivity index (χ4n) is 1.78. The van der Waals surface area contributed by atoms with E-state index < -0.39 is 7.76 Å². The Morgan fingerprint density at radius 2 is 1.12 bits per heavy atom. The molecule has 0 unspecified atom stereocenters. The second-order valence-corrected chi connectivity index (χ2v) is 6.06. The van der Waals surface area contributed by atoms with Crippen LogP contribution in [0.2, 0.25) is 0 Å². The van der Waals surface area contributed by atoms with E-state index in [2.05, 4.69) is 6.92 Å². The normalized spacial score (nSPS) is 11.9. The molecule has 0 saturated carbocycles. The predicted molar refractivity (Wildman–Crippen MR) is 66.5 cm³/mol. The van der Waals surface area contributed by atoms with Crippen molar-refractivity contribution in [1.82, 2.24) is 0 Å². The monoisotopic (exact) mass is 254 g/mol. The number of halogens is 2. The minimum Gasteiger partial charge on any atom is -0.250 e. The van der Waals surface area contributed by atoms with E-state index in [0.29, 0.717) is 6.42 Å². The van der Waals surface area contributed by atoms with E-state index in [1.165, 1.54) is 38.5 Å².